The van der Waals surface area contributed by atoms with Crippen LogP contribution in [0.15, 0.2) is 18.3 Å². The number of hydrogen-bond donors (Lipinski definition) is 1. The van der Waals surface area contributed by atoms with Gasteiger partial charge >= 0.3 is 0 Å². The molecular formula is C15H25N3. The van der Waals surface area contributed by atoms with Crippen molar-refractivity contribution in [2.75, 3.05) is 27.2 Å². The summed E-state index contributed by atoms with van der Waals surface area (Å²) in [5.41, 5.74) is 2.78. The monoisotopic (exact) mass is 247 g/mol. The Balaban J connectivity index is 2.20. The molecule has 3 nitrogen and oxygen atoms in total. The molecule has 0 fully saturated rings. The Bertz CT molecular complexity index is 376. The van der Waals surface area contributed by atoms with Crippen LogP contribution in [0.1, 0.15) is 36.9 Å². The van der Waals surface area contributed by atoms with E-state index in [2.05, 4.69) is 48.4 Å². The summed E-state index contributed by atoms with van der Waals surface area (Å²) in [7, 11) is 4.29. The topological polar surface area (TPSA) is 28.2 Å². The van der Waals surface area contributed by atoms with Crippen LogP contribution >= 0.6 is 0 Å². The molecule has 1 aliphatic carbocycles. The molecule has 2 unspecified atom stereocenters. The molecule has 1 aromatic rings. The van der Waals surface area contributed by atoms with Crippen LogP contribution in [0.4, 0.5) is 0 Å². The number of rotatable bonds is 5. The van der Waals surface area contributed by atoms with Crippen molar-refractivity contribution in [1.82, 2.24) is 15.2 Å². The van der Waals surface area contributed by atoms with E-state index in [-0.39, 0.29) is 0 Å². The molecule has 100 valence electrons. The summed E-state index contributed by atoms with van der Waals surface area (Å²) in [4.78, 5) is 6.92. The van der Waals surface area contributed by atoms with Crippen LogP contribution in [-0.4, -0.2) is 43.1 Å². The van der Waals surface area contributed by atoms with Gasteiger partial charge in [-0.3, -0.25) is 4.98 Å². The van der Waals surface area contributed by atoms with E-state index in [1.807, 2.05) is 6.20 Å². The summed E-state index contributed by atoms with van der Waals surface area (Å²) >= 11 is 0. The lowest BCUT2D eigenvalue weighted by Crippen LogP contribution is -2.43. The number of aromatic nitrogens is 1. The molecule has 0 saturated heterocycles. The van der Waals surface area contributed by atoms with E-state index < -0.39 is 0 Å². The summed E-state index contributed by atoms with van der Waals surface area (Å²) in [6.45, 7) is 4.29. The number of fused-ring (bicyclic) bond motifs is 1. The normalized spacial score (nSPS) is 20.8. The van der Waals surface area contributed by atoms with Crippen molar-refractivity contribution in [2.45, 2.75) is 38.1 Å². The van der Waals surface area contributed by atoms with Crippen LogP contribution in [0.25, 0.3) is 0 Å². The average molecular weight is 247 g/mol. The van der Waals surface area contributed by atoms with Crippen LogP contribution in [0.3, 0.4) is 0 Å². The predicted molar refractivity (Wildman–Crippen MR) is 75.9 cm³/mol. The number of pyridine rings is 1. The molecule has 1 aliphatic rings. The Morgan fingerprint density at radius 3 is 3.06 bits per heavy atom. The summed E-state index contributed by atoms with van der Waals surface area (Å²) in [5, 5.41) is 3.64. The molecule has 0 aliphatic heterocycles. The van der Waals surface area contributed by atoms with Gasteiger partial charge in [0, 0.05) is 30.4 Å². The fourth-order valence-corrected chi connectivity index (χ4v) is 3.03. The quantitative estimate of drug-likeness (QED) is 0.863. The number of nitrogens with one attached hydrogen (secondary N) is 1. The van der Waals surface area contributed by atoms with E-state index in [4.69, 9.17) is 0 Å². The second-order valence-electron chi connectivity index (χ2n) is 5.47. The number of likely N-dealkylation sites (N-methyl/N-ethyl adjacent to an activating group) is 2. The lowest BCUT2D eigenvalue weighted by molar-refractivity contribution is 0.292. The lowest BCUT2D eigenvalue weighted by Gasteiger charge is -2.33. The van der Waals surface area contributed by atoms with Gasteiger partial charge in [-0.2, -0.15) is 0 Å². The standard InChI is InChI=1S/C15H25N3/c1-4-16-14(11-18(2)3)13-9-5-7-12-8-6-10-17-15(12)13/h6,8,10,13-14,16H,4-5,7,9,11H2,1-3H3. The van der Waals surface area contributed by atoms with Gasteiger partial charge in [0.2, 0.25) is 0 Å². The zero-order chi connectivity index (χ0) is 13.0. The van der Waals surface area contributed by atoms with Crippen LogP contribution in [0.5, 0.6) is 0 Å². The molecule has 0 aromatic carbocycles. The molecule has 18 heavy (non-hydrogen) atoms. The predicted octanol–water partition coefficient (Wildman–Crippen LogP) is 2.04. The van der Waals surface area contributed by atoms with Crippen molar-refractivity contribution >= 4 is 0 Å². The minimum atomic E-state index is 0.513. The van der Waals surface area contributed by atoms with Gasteiger partial charge in [0.15, 0.2) is 0 Å². The van der Waals surface area contributed by atoms with Gasteiger partial charge in [-0.25, -0.2) is 0 Å². The van der Waals surface area contributed by atoms with Gasteiger partial charge in [0.1, 0.15) is 0 Å². The largest absolute Gasteiger partial charge is 0.312 e. The number of hydrogen-bond acceptors (Lipinski definition) is 3. The Morgan fingerprint density at radius 1 is 1.50 bits per heavy atom. The first-order valence-corrected chi connectivity index (χ1v) is 7.04. The summed E-state index contributed by atoms with van der Waals surface area (Å²) in [6, 6.07) is 4.82. The van der Waals surface area contributed by atoms with Crippen LogP contribution in [0.2, 0.25) is 0 Å². The fourth-order valence-electron chi connectivity index (χ4n) is 3.03. The zero-order valence-corrected chi connectivity index (χ0v) is 11.8. The van der Waals surface area contributed by atoms with Gasteiger partial charge in [0.05, 0.1) is 0 Å². The molecule has 0 spiro atoms. The molecular weight excluding hydrogens is 222 g/mol. The zero-order valence-electron chi connectivity index (χ0n) is 11.8. The molecule has 0 saturated carbocycles. The molecule has 3 heteroatoms. The van der Waals surface area contributed by atoms with Gasteiger partial charge in [-0.15, -0.1) is 0 Å². The van der Waals surface area contributed by atoms with E-state index in [1.165, 1.54) is 30.5 Å². The van der Waals surface area contributed by atoms with E-state index in [0.717, 1.165) is 13.1 Å². The number of nitrogens with zero attached hydrogens (tertiary/aromatic N) is 2. The highest BCUT2D eigenvalue weighted by Crippen LogP contribution is 2.32. The third-order valence-corrected chi connectivity index (χ3v) is 3.75. The third kappa shape index (κ3) is 3.09. The van der Waals surface area contributed by atoms with E-state index in [1.54, 1.807) is 0 Å². The number of aryl methyl sites for hydroxylation is 1. The van der Waals surface area contributed by atoms with Crippen LogP contribution in [0, 0.1) is 0 Å². The van der Waals surface area contributed by atoms with E-state index >= 15 is 0 Å². The van der Waals surface area contributed by atoms with Crippen molar-refractivity contribution in [2.24, 2.45) is 0 Å². The van der Waals surface area contributed by atoms with Crippen molar-refractivity contribution in [3.8, 4) is 0 Å². The molecule has 0 amide bonds. The summed E-state index contributed by atoms with van der Waals surface area (Å²) in [6.07, 6.45) is 5.69. The van der Waals surface area contributed by atoms with Crippen LogP contribution in [-0.2, 0) is 6.42 Å². The van der Waals surface area contributed by atoms with E-state index in [9.17, 15) is 0 Å². The van der Waals surface area contributed by atoms with Crippen LogP contribution < -0.4 is 5.32 Å². The second kappa shape index (κ2) is 6.30. The van der Waals surface area contributed by atoms with Gasteiger partial charge in [0.25, 0.3) is 0 Å². The molecule has 2 atom stereocenters. The molecule has 1 aromatic heterocycles. The minimum Gasteiger partial charge on any atom is -0.312 e. The van der Waals surface area contributed by atoms with Crippen molar-refractivity contribution in [1.29, 1.82) is 0 Å². The van der Waals surface area contributed by atoms with Crippen molar-refractivity contribution in [3.05, 3.63) is 29.6 Å². The first kappa shape index (κ1) is 13.5. The first-order valence-electron chi connectivity index (χ1n) is 7.04. The average Bonchev–Trinajstić information content (AvgIpc) is 2.37. The van der Waals surface area contributed by atoms with Crippen molar-refractivity contribution in [3.63, 3.8) is 0 Å². The second-order valence-corrected chi connectivity index (χ2v) is 5.47. The highest BCUT2D eigenvalue weighted by Gasteiger charge is 2.28. The van der Waals surface area contributed by atoms with E-state index in [0.29, 0.717) is 12.0 Å². The molecule has 1 heterocycles. The molecule has 0 bridgehead atoms. The summed E-state index contributed by atoms with van der Waals surface area (Å²) < 4.78 is 0. The maximum absolute atomic E-state index is 4.65. The first-order chi connectivity index (χ1) is 8.72. The highest BCUT2D eigenvalue weighted by molar-refractivity contribution is 5.27. The minimum absolute atomic E-state index is 0.513. The molecule has 1 N–H and O–H groups in total. The Kier molecular flexibility index (Phi) is 4.72. The SMILES string of the molecule is CCNC(CN(C)C)C1CCCc2cccnc21. The molecule has 2 rings (SSSR count). The highest BCUT2D eigenvalue weighted by atomic mass is 15.1. The fraction of sp³-hybridized carbons (Fsp3) is 0.667. The smallest absolute Gasteiger partial charge is 0.0482 e. The van der Waals surface area contributed by atoms with Gasteiger partial charge < -0.3 is 10.2 Å². The Labute approximate surface area is 111 Å². The van der Waals surface area contributed by atoms with Gasteiger partial charge in [-0.1, -0.05) is 13.0 Å². The lowest BCUT2D eigenvalue weighted by atomic mass is 9.81. The molecule has 0 radical (unpaired) electrons. The Hall–Kier alpha value is -0.930. The maximum atomic E-state index is 4.65. The maximum Gasteiger partial charge on any atom is 0.0482 e. The Morgan fingerprint density at radius 2 is 2.33 bits per heavy atom. The van der Waals surface area contributed by atoms with Crippen molar-refractivity contribution < 1.29 is 0 Å². The summed E-state index contributed by atoms with van der Waals surface area (Å²) in [5.74, 6) is 0.567. The third-order valence-electron chi connectivity index (χ3n) is 3.75. The van der Waals surface area contributed by atoms with Gasteiger partial charge in [-0.05, 0) is 51.5 Å².